The minimum atomic E-state index is -0.0452. The first-order chi connectivity index (χ1) is 7.13. The fourth-order valence-corrected chi connectivity index (χ4v) is 1.27. The lowest BCUT2D eigenvalue weighted by atomic mass is 10.1. The summed E-state index contributed by atoms with van der Waals surface area (Å²) in [5, 5.41) is 0.693. The zero-order valence-corrected chi connectivity index (χ0v) is 9.70. The zero-order chi connectivity index (χ0) is 11.3. The van der Waals surface area contributed by atoms with Gasteiger partial charge in [-0.3, -0.25) is 0 Å². The average Bonchev–Trinajstić information content (AvgIpc) is 2.20. The third-order valence-electron chi connectivity index (χ3n) is 2.11. The first-order valence-corrected chi connectivity index (χ1v) is 5.25. The van der Waals surface area contributed by atoms with Crippen LogP contribution in [-0.2, 0) is 4.84 Å². The number of nitrogens with two attached hydrogens (primary N) is 1. The van der Waals surface area contributed by atoms with E-state index in [0.29, 0.717) is 17.5 Å². The summed E-state index contributed by atoms with van der Waals surface area (Å²) in [6.07, 6.45) is -0.0452. The van der Waals surface area contributed by atoms with Crippen molar-refractivity contribution in [2.75, 3.05) is 6.61 Å². The molecular weight excluding hydrogens is 214 g/mol. The van der Waals surface area contributed by atoms with Gasteiger partial charge in [0.25, 0.3) is 0 Å². The van der Waals surface area contributed by atoms with Gasteiger partial charge in [0.2, 0.25) is 0 Å². The quantitative estimate of drug-likeness (QED) is 0.790. The molecule has 0 aliphatic carbocycles. The summed E-state index contributed by atoms with van der Waals surface area (Å²) < 4.78 is 5.71. The summed E-state index contributed by atoms with van der Waals surface area (Å²) in [5.74, 6) is 6.15. The number of halogens is 1. The molecule has 0 amide bonds. The molecule has 3 nitrogen and oxygen atoms in total. The second kappa shape index (κ2) is 5.95. The Morgan fingerprint density at radius 2 is 1.87 bits per heavy atom. The zero-order valence-electron chi connectivity index (χ0n) is 8.94. The van der Waals surface area contributed by atoms with Gasteiger partial charge >= 0.3 is 0 Å². The van der Waals surface area contributed by atoms with Gasteiger partial charge in [-0.15, -0.1) is 0 Å². The molecule has 0 saturated heterocycles. The van der Waals surface area contributed by atoms with Crippen LogP contribution >= 0.6 is 11.6 Å². The first-order valence-electron chi connectivity index (χ1n) is 4.87. The summed E-state index contributed by atoms with van der Waals surface area (Å²) in [4.78, 5) is 4.61. The molecule has 84 valence electrons. The van der Waals surface area contributed by atoms with Gasteiger partial charge in [-0.1, -0.05) is 25.4 Å². The molecule has 0 aliphatic heterocycles. The first kappa shape index (κ1) is 12.3. The van der Waals surface area contributed by atoms with E-state index in [9.17, 15) is 0 Å². The minimum absolute atomic E-state index is 0.0452. The molecule has 0 bridgehead atoms. The number of hydrogen-bond donors (Lipinski definition) is 1. The molecule has 1 aromatic rings. The molecule has 1 atom stereocenters. The second-order valence-electron chi connectivity index (χ2n) is 3.69. The molecule has 4 heteroatoms. The fourth-order valence-electron chi connectivity index (χ4n) is 1.15. The van der Waals surface area contributed by atoms with E-state index in [1.165, 1.54) is 0 Å². The highest BCUT2D eigenvalue weighted by atomic mass is 35.5. The van der Waals surface area contributed by atoms with Crippen LogP contribution in [0.3, 0.4) is 0 Å². The van der Waals surface area contributed by atoms with Crippen LogP contribution < -0.4 is 10.6 Å². The van der Waals surface area contributed by atoms with E-state index in [2.05, 4.69) is 18.7 Å². The molecule has 1 unspecified atom stereocenters. The van der Waals surface area contributed by atoms with Crippen molar-refractivity contribution in [3.63, 3.8) is 0 Å². The lowest BCUT2D eigenvalue weighted by Crippen LogP contribution is -2.30. The lowest BCUT2D eigenvalue weighted by Gasteiger charge is -2.21. The van der Waals surface area contributed by atoms with E-state index in [4.69, 9.17) is 22.2 Å². The molecule has 15 heavy (non-hydrogen) atoms. The summed E-state index contributed by atoms with van der Waals surface area (Å²) in [7, 11) is 0. The molecule has 0 saturated carbocycles. The van der Waals surface area contributed by atoms with E-state index >= 15 is 0 Å². The predicted octanol–water partition coefficient (Wildman–Crippen LogP) is 2.63. The summed E-state index contributed by atoms with van der Waals surface area (Å²) in [6, 6.07) is 7.23. The Morgan fingerprint density at radius 3 is 2.33 bits per heavy atom. The van der Waals surface area contributed by atoms with Crippen molar-refractivity contribution in [1.82, 2.24) is 0 Å². The maximum Gasteiger partial charge on any atom is 0.126 e. The molecule has 1 aromatic carbocycles. The van der Waals surface area contributed by atoms with Gasteiger partial charge in [0.05, 0.1) is 0 Å². The number of hydrogen-bond acceptors (Lipinski definition) is 3. The average molecular weight is 230 g/mol. The second-order valence-corrected chi connectivity index (χ2v) is 4.12. The third kappa shape index (κ3) is 4.08. The van der Waals surface area contributed by atoms with Crippen LogP contribution in [0.2, 0.25) is 5.02 Å². The smallest absolute Gasteiger partial charge is 0.126 e. The highest BCUT2D eigenvalue weighted by Gasteiger charge is 2.15. The third-order valence-corrected chi connectivity index (χ3v) is 2.36. The summed E-state index contributed by atoms with van der Waals surface area (Å²) in [6.45, 7) is 4.49. The number of ether oxygens (including phenoxy) is 1. The van der Waals surface area contributed by atoms with Crippen LogP contribution in [0, 0.1) is 5.92 Å². The molecule has 2 N–H and O–H groups in total. The van der Waals surface area contributed by atoms with Crippen molar-refractivity contribution in [2.45, 2.75) is 20.0 Å². The summed E-state index contributed by atoms with van der Waals surface area (Å²) in [5.41, 5.74) is 0. The standard InChI is InChI=1S/C11H16ClNO2/c1-8(2)11(7-14-13)15-10-5-3-9(12)4-6-10/h3-6,8,11H,7,13H2,1-2H3. The van der Waals surface area contributed by atoms with Gasteiger partial charge in [-0.2, -0.15) is 0 Å². The molecule has 0 aliphatic rings. The van der Waals surface area contributed by atoms with E-state index in [1.54, 1.807) is 12.1 Å². The van der Waals surface area contributed by atoms with Gasteiger partial charge in [0.15, 0.2) is 0 Å². The Morgan fingerprint density at radius 1 is 1.27 bits per heavy atom. The molecule has 1 rings (SSSR count). The number of benzene rings is 1. The topological polar surface area (TPSA) is 44.5 Å². The molecule has 0 heterocycles. The van der Waals surface area contributed by atoms with Crippen LogP contribution in [0.4, 0.5) is 0 Å². The van der Waals surface area contributed by atoms with Crippen LogP contribution in [0.1, 0.15) is 13.8 Å². The highest BCUT2D eigenvalue weighted by Crippen LogP contribution is 2.19. The van der Waals surface area contributed by atoms with Crippen LogP contribution in [0.5, 0.6) is 5.75 Å². The lowest BCUT2D eigenvalue weighted by molar-refractivity contribution is 0.0274. The maximum absolute atomic E-state index is 5.77. The van der Waals surface area contributed by atoms with Gasteiger partial charge < -0.3 is 9.57 Å². The molecule has 0 spiro atoms. The largest absolute Gasteiger partial charge is 0.488 e. The van der Waals surface area contributed by atoms with Crippen LogP contribution in [0.25, 0.3) is 0 Å². The summed E-state index contributed by atoms with van der Waals surface area (Å²) >= 11 is 5.77. The van der Waals surface area contributed by atoms with Crippen molar-refractivity contribution in [1.29, 1.82) is 0 Å². The molecular formula is C11H16ClNO2. The van der Waals surface area contributed by atoms with Crippen molar-refractivity contribution in [3.05, 3.63) is 29.3 Å². The van der Waals surface area contributed by atoms with E-state index < -0.39 is 0 Å². The van der Waals surface area contributed by atoms with Gasteiger partial charge in [-0.05, 0) is 30.2 Å². The number of rotatable bonds is 5. The Labute approximate surface area is 95.1 Å². The van der Waals surface area contributed by atoms with Crippen molar-refractivity contribution < 1.29 is 9.57 Å². The normalized spacial score (nSPS) is 12.9. The SMILES string of the molecule is CC(C)C(CON)Oc1ccc(Cl)cc1. The van der Waals surface area contributed by atoms with Crippen LogP contribution in [-0.4, -0.2) is 12.7 Å². The van der Waals surface area contributed by atoms with E-state index in [1.807, 2.05) is 12.1 Å². The molecule has 0 fully saturated rings. The van der Waals surface area contributed by atoms with Crippen molar-refractivity contribution in [2.24, 2.45) is 11.8 Å². The Hall–Kier alpha value is -0.770. The molecule has 0 radical (unpaired) electrons. The van der Waals surface area contributed by atoms with E-state index in [-0.39, 0.29) is 6.10 Å². The van der Waals surface area contributed by atoms with Gasteiger partial charge in [0.1, 0.15) is 18.5 Å². The van der Waals surface area contributed by atoms with E-state index in [0.717, 1.165) is 5.75 Å². The minimum Gasteiger partial charge on any atom is -0.488 e. The predicted molar refractivity (Wildman–Crippen MR) is 60.8 cm³/mol. The monoisotopic (exact) mass is 229 g/mol. The van der Waals surface area contributed by atoms with Crippen molar-refractivity contribution in [3.8, 4) is 5.75 Å². The van der Waals surface area contributed by atoms with Gasteiger partial charge in [0, 0.05) is 5.02 Å². The fraction of sp³-hybridized carbons (Fsp3) is 0.455. The van der Waals surface area contributed by atoms with Crippen molar-refractivity contribution >= 4 is 11.6 Å². The Balaban J connectivity index is 2.61. The van der Waals surface area contributed by atoms with Crippen LogP contribution in [0.15, 0.2) is 24.3 Å². The Bertz CT molecular complexity index is 287. The highest BCUT2D eigenvalue weighted by molar-refractivity contribution is 6.30. The maximum atomic E-state index is 5.77. The molecule has 0 aromatic heterocycles. The Kier molecular flexibility index (Phi) is 4.88. The van der Waals surface area contributed by atoms with Gasteiger partial charge in [-0.25, -0.2) is 5.90 Å².